The van der Waals surface area contributed by atoms with Crippen LogP contribution in [0.15, 0.2) is 36.4 Å². The van der Waals surface area contributed by atoms with Gasteiger partial charge in [0.1, 0.15) is 19.4 Å². The Morgan fingerprint density at radius 2 is 1.88 bits per heavy atom. The molecule has 0 atom stereocenters. The lowest BCUT2D eigenvalue weighted by Crippen LogP contribution is -2.31. The van der Waals surface area contributed by atoms with Crippen LogP contribution in [0.2, 0.25) is 5.02 Å². The van der Waals surface area contributed by atoms with E-state index in [2.05, 4.69) is 16.7 Å². The zero-order valence-corrected chi connectivity index (χ0v) is 19.8. The number of benzene rings is 2. The van der Waals surface area contributed by atoms with E-state index in [0.29, 0.717) is 35.2 Å². The Hall–Kier alpha value is -2.51. The predicted octanol–water partition coefficient (Wildman–Crippen LogP) is 3.07. The Morgan fingerprint density at radius 3 is 2.62 bits per heavy atom. The van der Waals surface area contributed by atoms with Gasteiger partial charge in [-0.3, -0.25) is 0 Å². The molecule has 1 aromatic heterocycles. The van der Waals surface area contributed by atoms with Crippen molar-refractivity contribution in [2.24, 2.45) is 5.92 Å². The van der Waals surface area contributed by atoms with E-state index in [1.807, 2.05) is 51.1 Å². The molecule has 8 heteroatoms. The number of hydrogen-bond donors (Lipinski definition) is 3. The molecule has 0 spiro atoms. The molecule has 3 aromatic rings. The summed E-state index contributed by atoms with van der Waals surface area (Å²) in [6.07, 6.45) is 4.50. The Balaban J connectivity index is 1.30. The number of aromatic nitrogens is 2. The summed E-state index contributed by atoms with van der Waals surface area (Å²) >= 11 is 6.13. The fourth-order valence-corrected chi connectivity index (χ4v) is 4.80. The van der Waals surface area contributed by atoms with Crippen molar-refractivity contribution in [2.75, 3.05) is 30.9 Å². The largest absolute Gasteiger partial charge is 0.508 e. The van der Waals surface area contributed by atoms with Crippen LogP contribution in [0.3, 0.4) is 0 Å². The first kappa shape index (κ1) is 22.7. The lowest BCUT2D eigenvalue weighted by molar-refractivity contribution is 0.323. The molecule has 0 radical (unpaired) electrons. The van der Waals surface area contributed by atoms with Gasteiger partial charge in [-0.1, -0.05) is 23.7 Å². The number of halogens is 1. The van der Waals surface area contributed by atoms with Gasteiger partial charge in [0.05, 0.1) is 5.52 Å². The van der Waals surface area contributed by atoms with Crippen molar-refractivity contribution in [3.8, 4) is 5.75 Å². The second-order valence-electron chi connectivity index (χ2n) is 9.01. The van der Waals surface area contributed by atoms with Crippen molar-refractivity contribution in [1.29, 1.82) is 0 Å². The number of para-hydroxylation sites is 1. The van der Waals surface area contributed by atoms with Crippen LogP contribution in [0.1, 0.15) is 31.2 Å². The van der Waals surface area contributed by atoms with Gasteiger partial charge in [-0.15, -0.1) is 0 Å². The number of nitrogens with one attached hydrogen (secondary N) is 2. The highest BCUT2D eigenvalue weighted by Crippen LogP contribution is 2.28. The van der Waals surface area contributed by atoms with Crippen LogP contribution < -0.4 is 21.0 Å². The summed E-state index contributed by atoms with van der Waals surface area (Å²) in [7, 11) is 5.90. The van der Waals surface area contributed by atoms with E-state index in [-0.39, 0.29) is 0 Å². The fraction of sp³-hybridized carbons (Fsp3) is 0.417. The minimum absolute atomic E-state index is 0.335. The Morgan fingerprint density at radius 1 is 1.12 bits per heavy atom. The molecule has 32 heavy (non-hydrogen) atoms. The molecule has 1 heterocycles. The van der Waals surface area contributed by atoms with Crippen molar-refractivity contribution in [1.82, 2.24) is 15.3 Å². The quantitative estimate of drug-likeness (QED) is 0.480. The van der Waals surface area contributed by atoms with Gasteiger partial charge in [0.2, 0.25) is 5.95 Å². The second-order valence-corrected chi connectivity index (χ2v) is 9.44. The first-order chi connectivity index (χ1) is 15.4. The van der Waals surface area contributed by atoms with Gasteiger partial charge in [-0.05, 0) is 67.9 Å². The molecule has 1 saturated carbocycles. The van der Waals surface area contributed by atoms with Crippen molar-refractivity contribution < 1.29 is 5.11 Å². The smallest absolute Gasteiger partial charge is 0.225 e. The molecule has 0 unspecified atom stereocenters. The predicted molar refractivity (Wildman–Crippen MR) is 136 cm³/mol. The molecule has 0 amide bonds. The summed E-state index contributed by atoms with van der Waals surface area (Å²) in [4.78, 5) is 11.6. The number of phenols is 1. The number of fused-ring (bicyclic) bond motifs is 1. The summed E-state index contributed by atoms with van der Waals surface area (Å²) in [6, 6.07) is 12.2. The summed E-state index contributed by atoms with van der Waals surface area (Å²) in [5.41, 5.74) is 2.64. The highest BCUT2D eigenvalue weighted by Gasteiger charge is 2.22. The van der Waals surface area contributed by atoms with Gasteiger partial charge in [-0.2, -0.15) is 4.98 Å². The molecule has 0 bridgehead atoms. The summed E-state index contributed by atoms with van der Waals surface area (Å²) in [5.74, 6) is 2.61. The van der Waals surface area contributed by atoms with Gasteiger partial charge in [0.15, 0.2) is 0 Å². The lowest BCUT2D eigenvalue weighted by atomic mass is 9.86. The minimum atomic E-state index is 0.335. The van der Waals surface area contributed by atoms with Crippen LogP contribution >= 0.6 is 11.6 Å². The fourth-order valence-electron chi connectivity index (χ4n) is 4.51. The SMILES string of the molecule is Bc1cc(Cl)cc(CNC[C@H]2CC[C@@H](Nc3nc(N(C)C)c4ccccc4n3)CC2)c1O. The number of anilines is 2. The third-order valence-electron chi connectivity index (χ3n) is 6.28. The molecule has 168 valence electrons. The highest BCUT2D eigenvalue weighted by molar-refractivity contribution is 6.37. The van der Waals surface area contributed by atoms with E-state index in [1.165, 1.54) is 0 Å². The topological polar surface area (TPSA) is 73.3 Å². The van der Waals surface area contributed by atoms with Gasteiger partial charge in [0, 0.05) is 42.7 Å². The van der Waals surface area contributed by atoms with Gasteiger partial charge < -0.3 is 20.6 Å². The van der Waals surface area contributed by atoms with Crippen molar-refractivity contribution in [3.63, 3.8) is 0 Å². The number of aromatic hydroxyl groups is 1. The molecule has 3 N–H and O–H groups in total. The first-order valence-corrected chi connectivity index (χ1v) is 11.7. The zero-order valence-electron chi connectivity index (χ0n) is 19.0. The van der Waals surface area contributed by atoms with Crippen molar-refractivity contribution in [2.45, 2.75) is 38.3 Å². The number of hydrogen-bond acceptors (Lipinski definition) is 6. The molecule has 2 aromatic carbocycles. The maximum Gasteiger partial charge on any atom is 0.225 e. The molecule has 0 saturated heterocycles. The normalized spacial score (nSPS) is 18.6. The summed E-state index contributed by atoms with van der Waals surface area (Å²) in [5, 5.41) is 19.0. The number of nitrogens with zero attached hydrogens (tertiary/aromatic N) is 3. The summed E-state index contributed by atoms with van der Waals surface area (Å²) < 4.78 is 0. The Bertz CT molecular complexity index is 1090. The average molecular weight is 452 g/mol. The third kappa shape index (κ3) is 5.27. The van der Waals surface area contributed by atoms with Crippen LogP contribution in [-0.4, -0.2) is 49.6 Å². The molecule has 6 nitrogen and oxygen atoms in total. The molecule has 1 aliphatic carbocycles. The molecule has 1 fully saturated rings. The van der Waals surface area contributed by atoms with Gasteiger partial charge in [-0.25, -0.2) is 4.98 Å². The molecule has 4 rings (SSSR count). The van der Waals surface area contributed by atoms with E-state index in [1.54, 1.807) is 6.07 Å². The molecular formula is C24H31BClN5O. The van der Waals surface area contributed by atoms with Crippen molar-refractivity contribution >= 4 is 47.6 Å². The average Bonchev–Trinajstić information content (AvgIpc) is 2.77. The van der Waals surface area contributed by atoms with E-state index in [0.717, 1.165) is 60.0 Å². The van der Waals surface area contributed by atoms with E-state index >= 15 is 0 Å². The van der Waals surface area contributed by atoms with Crippen LogP contribution in [0.4, 0.5) is 11.8 Å². The van der Waals surface area contributed by atoms with E-state index in [9.17, 15) is 5.11 Å². The Labute approximate surface area is 195 Å². The van der Waals surface area contributed by atoms with Crippen molar-refractivity contribution in [3.05, 3.63) is 47.0 Å². The number of rotatable bonds is 7. The molecule has 0 aliphatic heterocycles. The zero-order chi connectivity index (χ0) is 22.7. The van der Waals surface area contributed by atoms with Crippen LogP contribution in [0.5, 0.6) is 5.75 Å². The second kappa shape index (κ2) is 9.96. The van der Waals surface area contributed by atoms with Gasteiger partial charge in [0.25, 0.3) is 0 Å². The maximum absolute atomic E-state index is 10.2. The third-order valence-corrected chi connectivity index (χ3v) is 6.50. The van der Waals surface area contributed by atoms with E-state index in [4.69, 9.17) is 21.6 Å². The number of phenolic OH excluding ortho intramolecular Hbond substituents is 1. The van der Waals surface area contributed by atoms with Gasteiger partial charge >= 0.3 is 0 Å². The van der Waals surface area contributed by atoms with Crippen LogP contribution in [0.25, 0.3) is 10.9 Å². The molecule has 1 aliphatic rings. The van der Waals surface area contributed by atoms with E-state index < -0.39 is 0 Å². The monoisotopic (exact) mass is 451 g/mol. The highest BCUT2D eigenvalue weighted by atomic mass is 35.5. The van der Waals surface area contributed by atoms with Crippen LogP contribution in [-0.2, 0) is 6.54 Å². The Kier molecular flexibility index (Phi) is 7.06. The minimum Gasteiger partial charge on any atom is -0.508 e. The molecular weight excluding hydrogens is 421 g/mol. The first-order valence-electron chi connectivity index (χ1n) is 11.3. The maximum atomic E-state index is 10.2. The summed E-state index contributed by atoms with van der Waals surface area (Å²) in [6.45, 7) is 1.57. The lowest BCUT2D eigenvalue weighted by Gasteiger charge is -2.29. The standard InChI is InChI=1S/C24H31BClN5O/c1-31(2)23-19-5-3-4-6-21(19)29-24(30-23)28-18-9-7-15(8-10-18)13-27-14-16-11-17(26)12-20(25)22(16)32/h3-6,11-12,15,18,27,32H,7-10,13-14,25H2,1-2H3,(H,28,29,30)/t15-,18+. The van der Waals surface area contributed by atoms with Crippen LogP contribution in [0, 0.1) is 5.92 Å².